The molecule has 0 aliphatic carbocycles. The molecule has 2 fully saturated rings. The van der Waals surface area contributed by atoms with Gasteiger partial charge in [-0.05, 0) is 45.1 Å². The molecule has 3 heterocycles. The quantitative estimate of drug-likeness (QED) is 0.635. The molecule has 148 valence electrons. The van der Waals surface area contributed by atoms with E-state index in [2.05, 4.69) is 6.08 Å². The van der Waals surface area contributed by atoms with Gasteiger partial charge in [-0.1, -0.05) is 12.2 Å². The molecular formula is C21H30N2O4. The number of hydrogen-bond donors (Lipinski definition) is 1. The zero-order chi connectivity index (χ0) is 19.3. The highest BCUT2D eigenvalue weighted by atomic mass is 16.3. The first-order valence-corrected chi connectivity index (χ1v) is 9.94. The summed E-state index contributed by atoms with van der Waals surface area (Å²) in [7, 11) is 0. The maximum atomic E-state index is 12.7. The Morgan fingerprint density at radius 2 is 2.15 bits per heavy atom. The van der Waals surface area contributed by atoms with E-state index in [0.717, 1.165) is 32.2 Å². The van der Waals surface area contributed by atoms with Gasteiger partial charge in [0.25, 0.3) is 5.91 Å². The number of rotatable bonds is 5. The van der Waals surface area contributed by atoms with Crippen LogP contribution in [0.25, 0.3) is 0 Å². The van der Waals surface area contributed by atoms with Crippen LogP contribution in [-0.4, -0.2) is 59.0 Å². The average Bonchev–Trinajstić information content (AvgIpc) is 3.22. The number of aliphatic hydroxyl groups is 1. The lowest BCUT2D eigenvalue weighted by Gasteiger charge is -2.51. The summed E-state index contributed by atoms with van der Waals surface area (Å²) < 4.78 is 5.03. The van der Waals surface area contributed by atoms with Crippen molar-refractivity contribution < 1.29 is 19.1 Å². The number of unbranched alkanes of at least 4 members (excludes halogenated alkanes) is 1. The van der Waals surface area contributed by atoms with Gasteiger partial charge in [0.1, 0.15) is 6.26 Å². The van der Waals surface area contributed by atoms with Crippen LogP contribution in [0.5, 0.6) is 0 Å². The van der Waals surface area contributed by atoms with Crippen LogP contribution in [0.3, 0.4) is 0 Å². The molecule has 2 amide bonds. The first-order valence-electron chi connectivity index (χ1n) is 9.94. The summed E-state index contributed by atoms with van der Waals surface area (Å²) in [5.41, 5.74) is 0.115. The van der Waals surface area contributed by atoms with Gasteiger partial charge in [-0.3, -0.25) is 9.59 Å². The molecule has 1 spiro atoms. The third kappa shape index (κ3) is 4.43. The first-order chi connectivity index (χ1) is 13.1. The molecule has 0 bridgehead atoms. The van der Waals surface area contributed by atoms with E-state index < -0.39 is 11.5 Å². The van der Waals surface area contributed by atoms with Crippen molar-refractivity contribution in [1.82, 2.24) is 9.80 Å². The van der Waals surface area contributed by atoms with Crippen molar-refractivity contribution >= 4 is 11.8 Å². The molecule has 1 aromatic heterocycles. The highest BCUT2D eigenvalue weighted by Gasteiger charge is 2.47. The summed E-state index contributed by atoms with van der Waals surface area (Å²) in [6.07, 6.45) is 11.1. The molecule has 2 saturated heterocycles. The van der Waals surface area contributed by atoms with Crippen molar-refractivity contribution in [1.29, 1.82) is 0 Å². The Kier molecular flexibility index (Phi) is 6.37. The SMILES string of the molecule is CC=CCCCC(=O)N1CCC[C@]2(C1)CN(C(=O)c1ccoc1)CC[C@H]2O. The molecule has 6 nitrogen and oxygen atoms in total. The molecule has 1 aromatic rings. The molecule has 0 radical (unpaired) electrons. The number of aliphatic hydroxyl groups excluding tert-OH is 1. The van der Waals surface area contributed by atoms with Crippen molar-refractivity contribution in [3.63, 3.8) is 0 Å². The normalized spacial score (nSPS) is 26.1. The Balaban J connectivity index is 1.65. The lowest BCUT2D eigenvalue weighted by molar-refractivity contribution is -0.140. The van der Waals surface area contributed by atoms with Crippen LogP contribution in [0.15, 0.2) is 35.2 Å². The molecule has 27 heavy (non-hydrogen) atoms. The molecule has 0 unspecified atom stereocenters. The van der Waals surface area contributed by atoms with Crippen LogP contribution in [0.1, 0.15) is 55.8 Å². The Morgan fingerprint density at radius 3 is 2.89 bits per heavy atom. The van der Waals surface area contributed by atoms with E-state index in [0.29, 0.717) is 38.0 Å². The Bertz CT molecular complexity index is 670. The van der Waals surface area contributed by atoms with Gasteiger partial charge >= 0.3 is 0 Å². The molecular weight excluding hydrogens is 344 g/mol. The second kappa shape index (κ2) is 8.74. The monoisotopic (exact) mass is 374 g/mol. The Morgan fingerprint density at radius 1 is 1.33 bits per heavy atom. The van der Waals surface area contributed by atoms with Crippen LogP contribution in [0, 0.1) is 5.41 Å². The third-order valence-electron chi connectivity index (χ3n) is 5.90. The minimum atomic E-state index is -0.482. The van der Waals surface area contributed by atoms with Crippen LogP contribution < -0.4 is 0 Å². The van der Waals surface area contributed by atoms with Crippen LogP contribution >= 0.6 is 0 Å². The first kappa shape index (κ1) is 19.7. The molecule has 6 heteroatoms. The van der Waals surface area contributed by atoms with Crippen LogP contribution in [0.2, 0.25) is 0 Å². The number of carbonyl (C=O) groups is 2. The minimum absolute atomic E-state index is 0.0650. The molecule has 0 aromatic carbocycles. The topological polar surface area (TPSA) is 74.0 Å². The standard InChI is InChI=1S/C21H30N2O4/c1-2-3-4-5-7-19(25)22-11-6-10-21(15-22)16-23(12-8-18(21)24)20(26)17-9-13-27-14-17/h2-3,9,13-14,18,24H,4-8,10-12,15-16H2,1H3/t18-,21+/m1/s1. The number of piperidine rings is 2. The summed E-state index contributed by atoms with van der Waals surface area (Å²) in [5, 5.41) is 10.8. The van der Waals surface area contributed by atoms with Crippen molar-refractivity contribution in [3.8, 4) is 0 Å². The molecule has 1 N–H and O–H groups in total. The number of hydrogen-bond acceptors (Lipinski definition) is 4. The summed E-state index contributed by atoms with van der Waals surface area (Å²) in [6.45, 7) is 4.28. The smallest absolute Gasteiger partial charge is 0.257 e. The van der Waals surface area contributed by atoms with E-state index >= 15 is 0 Å². The Hall–Kier alpha value is -2.08. The molecule has 2 aliphatic heterocycles. The van der Waals surface area contributed by atoms with Gasteiger partial charge in [-0.2, -0.15) is 0 Å². The summed E-state index contributed by atoms with van der Waals surface area (Å²) in [5.74, 6) is 0.0916. The largest absolute Gasteiger partial charge is 0.472 e. The van der Waals surface area contributed by atoms with E-state index in [1.807, 2.05) is 17.9 Å². The van der Waals surface area contributed by atoms with Gasteiger partial charge < -0.3 is 19.3 Å². The van der Waals surface area contributed by atoms with Crippen LogP contribution in [-0.2, 0) is 4.79 Å². The average molecular weight is 374 g/mol. The lowest BCUT2D eigenvalue weighted by atomic mass is 9.71. The highest BCUT2D eigenvalue weighted by Crippen LogP contribution is 2.39. The number of amides is 2. The van der Waals surface area contributed by atoms with E-state index in [9.17, 15) is 14.7 Å². The van der Waals surface area contributed by atoms with E-state index in [4.69, 9.17) is 4.42 Å². The molecule has 3 rings (SSSR count). The molecule has 2 aliphatic rings. The van der Waals surface area contributed by atoms with E-state index in [1.165, 1.54) is 12.5 Å². The maximum absolute atomic E-state index is 12.7. The Labute approximate surface area is 160 Å². The molecule has 2 atom stereocenters. The van der Waals surface area contributed by atoms with E-state index in [1.54, 1.807) is 11.0 Å². The third-order valence-corrected chi connectivity index (χ3v) is 5.90. The number of furan rings is 1. The second-order valence-electron chi connectivity index (χ2n) is 7.79. The van der Waals surface area contributed by atoms with Gasteiger partial charge in [-0.15, -0.1) is 0 Å². The van der Waals surface area contributed by atoms with Gasteiger partial charge in [0.05, 0.1) is 17.9 Å². The van der Waals surface area contributed by atoms with E-state index in [-0.39, 0.29) is 11.8 Å². The van der Waals surface area contributed by atoms with Gasteiger partial charge in [0, 0.05) is 38.0 Å². The lowest BCUT2D eigenvalue weighted by Crippen LogP contribution is -2.60. The van der Waals surface area contributed by atoms with Gasteiger partial charge in [-0.25, -0.2) is 0 Å². The van der Waals surface area contributed by atoms with Crippen LogP contribution in [0.4, 0.5) is 0 Å². The fourth-order valence-electron chi connectivity index (χ4n) is 4.36. The maximum Gasteiger partial charge on any atom is 0.257 e. The van der Waals surface area contributed by atoms with Gasteiger partial charge in [0.15, 0.2) is 0 Å². The second-order valence-corrected chi connectivity index (χ2v) is 7.79. The fourth-order valence-corrected chi connectivity index (χ4v) is 4.36. The van der Waals surface area contributed by atoms with Crippen molar-refractivity contribution in [2.75, 3.05) is 26.2 Å². The van der Waals surface area contributed by atoms with Crippen molar-refractivity contribution in [2.45, 2.75) is 51.6 Å². The zero-order valence-electron chi connectivity index (χ0n) is 16.1. The summed E-state index contributed by atoms with van der Waals surface area (Å²) in [6, 6.07) is 1.67. The predicted molar refractivity (Wildman–Crippen MR) is 102 cm³/mol. The van der Waals surface area contributed by atoms with Crippen molar-refractivity contribution in [3.05, 3.63) is 36.3 Å². The van der Waals surface area contributed by atoms with Crippen molar-refractivity contribution in [2.24, 2.45) is 5.41 Å². The highest BCUT2D eigenvalue weighted by molar-refractivity contribution is 5.94. The number of likely N-dealkylation sites (tertiary alicyclic amines) is 2. The number of allylic oxidation sites excluding steroid dienone is 2. The number of carbonyl (C=O) groups excluding carboxylic acids is 2. The predicted octanol–water partition coefficient (Wildman–Crippen LogP) is 2.84. The summed E-state index contributed by atoms with van der Waals surface area (Å²) in [4.78, 5) is 29.0. The summed E-state index contributed by atoms with van der Waals surface area (Å²) >= 11 is 0. The molecule has 0 saturated carbocycles. The fraction of sp³-hybridized carbons (Fsp3) is 0.619. The van der Waals surface area contributed by atoms with Gasteiger partial charge in [0.2, 0.25) is 5.91 Å². The zero-order valence-corrected chi connectivity index (χ0v) is 16.1. The number of nitrogens with zero attached hydrogens (tertiary/aromatic N) is 2. The minimum Gasteiger partial charge on any atom is -0.472 e.